The lowest BCUT2D eigenvalue weighted by Gasteiger charge is -2.18. The number of hydrogen-bond donors (Lipinski definition) is 1. The largest absolute Gasteiger partial charge is 0.398 e. The zero-order chi connectivity index (χ0) is 19.2. The van der Waals surface area contributed by atoms with Crippen LogP contribution in [0.5, 0.6) is 0 Å². The van der Waals surface area contributed by atoms with Crippen LogP contribution in [0, 0.1) is 0 Å². The van der Waals surface area contributed by atoms with Crippen molar-refractivity contribution >= 4 is 23.2 Å². The molecule has 0 heterocycles. The predicted molar refractivity (Wildman–Crippen MR) is 115 cm³/mol. The normalized spacial score (nSPS) is 12.1. The number of benzene rings is 3. The van der Waals surface area contributed by atoms with Gasteiger partial charge in [0.2, 0.25) is 0 Å². The van der Waals surface area contributed by atoms with Crippen LogP contribution in [-0.2, 0) is 0 Å². The molecule has 0 amide bonds. The van der Waals surface area contributed by atoms with Gasteiger partial charge in [-0.3, -0.25) is 4.79 Å². The van der Waals surface area contributed by atoms with E-state index in [-0.39, 0.29) is 11.0 Å². The van der Waals surface area contributed by atoms with Crippen molar-refractivity contribution in [3.05, 3.63) is 95.6 Å². The summed E-state index contributed by atoms with van der Waals surface area (Å²) in [5.74, 6) is 0.636. The highest BCUT2D eigenvalue weighted by Crippen LogP contribution is 2.41. The third-order valence-electron chi connectivity index (χ3n) is 4.63. The van der Waals surface area contributed by atoms with Crippen LogP contribution in [-0.4, -0.2) is 5.78 Å². The van der Waals surface area contributed by atoms with Gasteiger partial charge in [-0.25, -0.2) is 0 Å². The lowest BCUT2D eigenvalue weighted by atomic mass is 9.98. The minimum atomic E-state index is 0.0172. The van der Waals surface area contributed by atoms with Crippen LogP contribution in [0.2, 0.25) is 0 Å². The highest BCUT2D eigenvalue weighted by Gasteiger charge is 2.20. The Balaban J connectivity index is 1.88. The van der Waals surface area contributed by atoms with Crippen molar-refractivity contribution in [3.63, 3.8) is 0 Å². The minimum absolute atomic E-state index is 0.0172. The maximum atomic E-state index is 12.8. The van der Waals surface area contributed by atoms with Crippen LogP contribution in [0.3, 0.4) is 0 Å². The molecule has 0 fully saturated rings. The van der Waals surface area contributed by atoms with Crippen molar-refractivity contribution in [1.29, 1.82) is 0 Å². The van der Waals surface area contributed by atoms with Gasteiger partial charge in [0.25, 0.3) is 0 Å². The van der Waals surface area contributed by atoms with Gasteiger partial charge in [0, 0.05) is 27.8 Å². The molecule has 3 heteroatoms. The molecule has 1 atom stereocenters. The molecule has 3 rings (SSSR count). The third kappa shape index (κ3) is 5.01. The van der Waals surface area contributed by atoms with Gasteiger partial charge in [0.15, 0.2) is 5.78 Å². The van der Waals surface area contributed by atoms with Crippen LogP contribution < -0.4 is 5.73 Å². The first-order valence-electron chi connectivity index (χ1n) is 9.24. The van der Waals surface area contributed by atoms with Crippen molar-refractivity contribution in [1.82, 2.24) is 0 Å². The number of nitrogens with two attached hydrogens (primary N) is 1. The minimum Gasteiger partial charge on any atom is -0.398 e. The van der Waals surface area contributed by atoms with E-state index in [2.05, 4.69) is 38.1 Å². The van der Waals surface area contributed by atoms with Gasteiger partial charge < -0.3 is 5.73 Å². The summed E-state index contributed by atoms with van der Waals surface area (Å²) in [4.78, 5) is 13.8. The first-order valence-corrected chi connectivity index (χ1v) is 10.1. The number of hydrogen-bond acceptors (Lipinski definition) is 3. The average Bonchev–Trinajstić information content (AvgIpc) is 2.69. The molecular weight excluding hydrogens is 350 g/mol. The molecule has 0 bridgehead atoms. The quantitative estimate of drug-likeness (QED) is 0.291. The second-order valence-corrected chi connectivity index (χ2v) is 8.20. The molecule has 0 spiro atoms. The summed E-state index contributed by atoms with van der Waals surface area (Å²) in [7, 11) is 0. The smallest absolute Gasteiger partial charge is 0.164 e. The van der Waals surface area contributed by atoms with E-state index in [1.54, 1.807) is 11.8 Å². The Morgan fingerprint density at radius 2 is 1.44 bits per heavy atom. The van der Waals surface area contributed by atoms with Gasteiger partial charge in [-0.1, -0.05) is 80.6 Å². The van der Waals surface area contributed by atoms with Crippen LogP contribution in [0.25, 0.3) is 0 Å². The van der Waals surface area contributed by atoms with Crippen molar-refractivity contribution in [2.75, 3.05) is 5.73 Å². The zero-order valence-corrected chi connectivity index (χ0v) is 16.6. The number of nitrogen functional groups attached to an aromatic ring is 1. The molecule has 0 aromatic heterocycles. The van der Waals surface area contributed by atoms with Gasteiger partial charge in [-0.15, -0.1) is 11.8 Å². The molecule has 3 aromatic carbocycles. The molecule has 3 aromatic rings. The summed E-state index contributed by atoms with van der Waals surface area (Å²) in [5, 5.41) is 0.0172. The number of carbonyl (C=O) groups is 1. The Morgan fingerprint density at radius 3 is 2.07 bits per heavy atom. The SMILES string of the molecule is CC(C)c1ccc(C(CC(=O)c2ccccc2)Sc2ccccc2N)cc1. The molecule has 0 aliphatic heterocycles. The Labute approximate surface area is 165 Å². The summed E-state index contributed by atoms with van der Waals surface area (Å²) < 4.78 is 0. The molecule has 0 saturated heterocycles. The first kappa shape index (κ1) is 19.2. The summed E-state index contributed by atoms with van der Waals surface area (Å²) >= 11 is 1.66. The average molecular weight is 376 g/mol. The van der Waals surface area contributed by atoms with Gasteiger partial charge in [-0.05, 0) is 29.2 Å². The van der Waals surface area contributed by atoms with E-state index in [0.29, 0.717) is 12.3 Å². The summed E-state index contributed by atoms with van der Waals surface area (Å²) in [6.45, 7) is 4.37. The fourth-order valence-corrected chi connectivity index (χ4v) is 4.17. The van der Waals surface area contributed by atoms with Crippen LogP contribution in [0.15, 0.2) is 83.8 Å². The number of Topliss-reactive ketones (excluding diaryl/α,β-unsaturated/α-hetero) is 1. The van der Waals surface area contributed by atoms with E-state index in [9.17, 15) is 4.79 Å². The number of anilines is 1. The molecular formula is C24H25NOS. The lowest BCUT2D eigenvalue weighted by molar-refractivity contribution is 0.0982. The summed E-state index contributed by atoms with van der Waals surface area (Å²) in [6, 6.07) is 25.9. The fraction of sp³-hybridized carbons (Fsp3) is 0.208. The lowest BCUT2D eigenvalue weighted by Crippen LogP contribution is -2.06. The molecule has 27 heavy (non-hydrogen) atoms. The molecule has 0 aliphatic rings. The highest BCUT2D eigenvalue weighted by atomic mass is 32.2. The molecule has 1 unspecified atom stereocenters. The fourth-order valence-electron chi connectivity index (χ4n) is 2.97. The van der Waals surface area contributed by atoms with Gasteiger partial charge in [-0.2, -0.15) is 0 Å². The summed E-state index contributed by atoms with van der Waals surface area (Å²) in [6.07, 6.45) is 0.435. The zero-order valence-electron chi connectivity index (χ0n) is 15.8. The summed E-state index contributed by atoms with van der Waals surface area (Å²) in [5.41, 5.74) is 10.1. The van der Waals surface area contributed by atoms with Gasteiger partial charge in [0.1, 0.15) is 0 Å². The van der Waals surface area contributed by atoms with Gasteiger partial charge in [0.05, 0.1) is 0 Å². The number of ketones is 1. The van der Waals surface area contributed by atoms with E-state index in [1.807, 2.05) is 54.6 Å². The Hall–Kier alpha value is -2.52. The highest BCUT2D eigenvalue weighted by molar-refractivity contribution is 7.99. The molecule has 0 saturated carbocycles. The van der Waals surface area contributed by atoms with Crippen molar-refractivity contribution < 1.29 is 4.79 Å². The van der Waals surface area contributed by atoms with E-state index < -0.39 is 0 Å². The Bertz CT molecular complexity index is 888. The molecule has 138 valence electrons. The predicted octanol–water partition coefficient (Wildman–Crippen LogP) is 6.50. The van der Waals surface area contributed by atoms with E-state index in [1.165, 1.54) is 5.56 Å². The molecule has 2 N–H and O–H groups in total. The van der Waals surface area contributed by atoms with E-state index in [0.717, 1.165) is 21.7 Å². The number of para-hydroxylation sites is 1. The van der Waals surface area contributed by atoms with Crippen LogP contribution in [0.1, 0.15) is 52.9 Å². The standard InChI is InChI=1S/C24H25NOS/c1-17(2)18-12-14-20(15-13-18)24(27-23-11-7-6-10-21(23)25)16-22(26)19-8-4-3-5-9-19/h3-15,17,24H,16,25H2,1-2H3. The maximum Gasteiger partial charge on any atom is 0.164 e. The monoisotopic (exact) mass is 375 g/mol. The number of thioether (sulfide) groups is 1. The maximum absolute atomic E-state index is 12.8. The molecule has 2 nitrogen and oxygen atoms in total. The van der Waals surface area contributed by atoms with Crippen molar-refractivity contribution in [2.24, 2.45) is 0 Å². The number of rotatable bonds is 7. The van der Waals surface area contributed by atoms with Crippen LogP contribution >= 0.6 is 11.8 Å². The van der Waals surface area contributed by atoms with Crippen LogP contribution in [0.4, 0.5) is 5.69 Å². The second kappa shape index (κ2) is 8.92. The van der Waals surface area contributed by atoms with E-state index >= 15 is 0 Å². The number of carbonyl (C=O) groups excluding carboxylic acids is 1. The Morgan fingerprint density at radius 1 is 0.852 bits per heavy atom. The first-order chi connectivity index (χ1) is 13.0. The van der Waals surface area contributed by atoms with Gasteiger partial charge >= 0.3 is 0 Å². The third-order valence-corrected chi connectivity index (χ3v) is 5.98. The second-order valence-electron chi connectivity index (χ2n) is 6.96. The molecule has 0 aliphatic carbocycles. The van der Waals surface area contributed by atoms with E-state index in [4.69, 9.17) is 5.73 Å². The topological polar surface area (TPSA) is 43.1 Å². The Kier molecular flexibility index (Phi) is 6.36. The molecule has 0 radical (unpaired) electrons. The van der Waals surface area contributed by atoms with Crippen molar-refractivity contribution in [2.45, 2.75) is 36.3 Å². The van der Waals surface area contributed by atoms with Crippen molar-refractivity contribution in [3.8, 4) is 0 Å².